The van der Waals surface area contributed by atoms with E-state index in [0.29, 0.717) is 18.4 Å². The normalized spacial score (nSPS) is 18.8. The number of carbonyl (C=O) groups is 1. The second kappa shape index (κ2) is 6.44. The summed E-state index contributed by atoms with van der Waals surface area (Å²) in [6.07, 6.45) is 2.28. The van der Waals surface area contributed by atoms with E-state index in [4.69, 9.17) is 9.47 Å². The number of hydrogen-bond donors (Lipinski definition) is 2. The van der Waals surface area contributed by atoms with Gasteiger partial charge in [0.15, 0.2) is 0 Å². The van der Waals surface area contributed by atoms with Gasteiger partial charge < -0.3 is 14.8 Å². The summed E-state index contributed by atoms with van der Waals surface area (Å²) in [6, 6.07) is 0.361. The van der Waals surface area contributed by atoms with Gasteiger partial charge in [-0.25, -0.2) is 4.79 Å². The van der Waals surface area contributed by atoms with Crippen LogP contribution in [0.1, 0.15) is 32.8 Å². The maximum Gasteiger partial charge on any atom is 0.413 e. The minimum atomic E-state index is -0.526. The molecular formula is C14H24N4O3. The molecule has 1 amide bonds. The first-order valence-electron chi connectivity index (χ1n) is 7.17. The Hall–Kier alpha value is -1.60. The highest BCUT2D eigenvalue weighted by atomic mass is 16.6. The monoisotopic (exact) mass is 296 g/mol. The smallest absolute Gasteiger partial charge is 0.413 e. The van der Waals surface area contributed by atoms with E-state index in [9.17, 15) is 4.79 Å². The van der Waals surface area contributed by atoms with Crippen molar-refractivity contribution in [3.8, 4) is 0 Å². The van der Waals surface area contributed by atoms with Gasteiger partial charge in [-0.1, -0.05) is 0 Å². The zero-order valence-electron chi connectivity index (χ0n) is 13.1. The highest BCUT2D eigenvalue weighted by Gasteiger charge is 2.20. The molecule has 1 fully saturated rings. The average Bonchev–Trinajstić information content (AvgIpc) is 2.97. The first-order valence-corrected chi connectivity index (χ1v) is 7.17. The van der Waals surface area contributed by atoms with Crippen molar-refractivity contribution in [3.05, 3.63) is 11.8 Å². The van der Waals surface area contributed by atoms with Crippen molar-refractivity contribution in [2.75, 3.05) is 18.5 Å². The molecule has 2 heterocycles. The fourth-order valence-corrected chi connectivity index (χ4v) is 2.12. The van der Waals surface area contributed by atoms with E-state index in [2.05, 4.69) is 15.7 Å². The zero-order valence-corrected chi connectivity index (χ0v) is 13.1. The molecule has 2 rings (SSSR count). The lowest BCUT2D eigenvalue weighted by atomic mass is 10.2. The molecule has 0 radical (unpaired) electrons. The molecule has 1 unspecified atom stereocenters. The Morgan fingerprint density at radius 2 is 2.33 bits per heavy atom. The van der Waals surface area contributed by atoms with E-state index < -0.39 is 11.7 Å². The largest absolute Gasteiger partial charge is 0.444 e. The van der Waals surface area contributed by atoms with E-state index in [1.54, 1.807) is 17.9 Å². The molecule has 0 aromatic carbocycles. The highest BCUT2D eigenvalue weighted by molar-refractivity contribution is 5.84. The SMILES string of the molecule is Cn1ncc(CNC2CCOC2)c1NC(=O)OC(C)(C)C. The molecule has 0 saturated carbocycles. The molecule has 1 aromatic heterocycles. The van der Waals surface area contributed by atoms with E-state index in [0.717, 1.165) is 25.2 Å². The molecule has 1 saturated heterocycles. The van der Waals surface area contributed by atoms with Gasteiger partial charge >= 0.3 is 6.09 Å². The minimum Gasteiger partial charge on any atom is -0.444 e. The maximum atomic E-state index is 11.9. The second-order valence-electron chi connectivity index (χ2n) is 6.21. The van der Waals surface area contributed by atoms with Crippen molar-refractivity contribution in [1.29, 1.82) is 0 Å². The van der Waals surface area contributed by atoms with Gasteiger partial charge in [-0.05, 0) is 27.2 Å². The molecule has 1 aliphatic heterocycles. The van der Waals surface area contributed by atoms with Crippen molar-refractivity contribution in [2.45, 2.75) is 45.4 Å². The zero-order chi connectivity index (χ0) is 15.5. The molecule has 1 aromatic rings. The summed E-state index contributed by atoms with van der Waals surface area (Å²) >= 11 is 0. The summed E-state index contributed by atoms with van der Waals surface area (Å²) in [7, 11) is 1.79. The molecule has 2 N–H and O–H groups in total. The van der Waals surface area contributed by atoms with Crippen LogP contribution in [0.15, 0.2) is 6.20 Å². The van der Waals surface area contributed by atoms with Crippen molar-refractivity contribution in [1.82, 2.24) is 15.1 Å². The van der Waals surface area contributed by atoms with E-state index in [-0.39, 0.29) is 0 Å². The van der Waals surface area contributed by atoms with Gasteiger partial charge in [-0.15, -0.1) is 0 Å². The van der Waals surface area contributed by atoms with Crippen LogP contribution in [0.4, 0.5) is 10.6 Å². The third-order valence-electron chi connectivity index (χ3n) is 3.14. The van der Waals surface area contributed by atoms with Gasteiger partial charge in [0.25, 0.3) is 0 Å². The molecule has 0 aliphatic carbocycles. The lowest BCUT2D eigenvalue weighted by Crippen LogP contribution is -2.30. The van der Waals surface area contributed by atoms with Crippen molar-refractivity contribution >= 4 is 11.9 Å². The Balaban J connectivity index is 1.95. The molecule has 0 bridgehead atoms. The number of nitrogens with one attached hydrogen (secondary N) is 2. The van der Waals surface area contributed by atoms with Crippen LogP contribution in [-0.2, 0) is 23.1 Å². The number of ether oxygens (including phenoxy) is 2. The Morgan fingerprint density at radius 3 is 2.95 bits per heavy atom. The van der Waals surface area contributed by atoms with Crippen LogP contribution < -0.4 is 10.6 Å². The fourth-order valence-electron chi connectivity index (χ4n) is 2.12. The van der Waals surface area contributed by atoms with Gasteiger partial charge in [-0.3, -0.25) is 10.00 Å². The van der Waals surface area contributed by atoms with Gasteiger partial charge in [0.05, 0.1) is 12.8 Å². The molecule has 1 atom stereocenters. The lowest BCUT2D eigenvalue weighted by molar-refractivity contribution is 0.0634. The number of hydrogen-bond acceptors (Lipinski definition) is 5. The Bertz CT molecular complexity index is 487. The minimum absolute atomic E-state index is 0.361. The summed E-state index contributed by atoms with van der Waals surface area (Å²) in [5, 5.41) is 10.3. The molecule has 1 aliphatic rings. The number of anilines is 1. The predicted molar refractivity (Wildman–Crippen MR) is 79.1 cm³/mol. The third kappa shape index (κ3) is 4.71. The summed E-state index contributed by atoms with van der Waals surface area (Å²) in [5.41, 5.74) is 0.401. The summed E-state index contributed by atoms with van der Waals surface area (Å²) in [4.78, 5) is 11.9. The van der Waals surface area contributed by atoms with Crippen molar-refractivity contribution < 1.29 is 14.3 Å². The van der Waals surface area contributed by atoms with Crippen molar-refractivity contribution in [2.24, 2.45) is 7.05 Å². The molecule has 7 heteroatoms. The predicted octanol–water partition coefficient (Wildman–Crippen LogP) is 1.65. The molecule has 21 heavy (non-hydrogen) atoms. The molecular weight excluding hydrogens is 272 g/mol. The molecule has 118 valence electrons. The summed E-state index contributed by atoms with van der Waals surface area (Å²) in [6.45, 7) is 7.66. The number of aromatic nitrogens is 2. The van der Waals surface area contributed by atoms with Crippen molar-refractivity contribution in [3.63, 3.8) is 0 Å². The van der Waals surface area contributed by atoms with Crippen LogP contribution in [0.3, 0.4) is 0 Å². The van der Waals surface area contributed by atoms with Gasteiger partial charge in [0.1, 0.15) is 11.4 Å². The number of rotatable bonds is 4. The van der Waals surface area contributed by atoms with Gasteiger partial charge in [0.2, 0.25) is 0 Å². The van der Waals surface area contributed by atoms with Gasteiger partial charge in [-0.2, -0.15) is 5.10 Å². The number of amides is 1. The number of aryl methyl sites for hydroxylation is 1. The Morgan fingerprint density at radius 1 is 1.57 bits per heavy atom. The number of carbonyl (C=O) groups excluding carboxylic acids is 1. The fraction of sp³-hybridized carbons (Fsp3) is 0.714. The highest BCUT2D eigenvalue weighted by Crippen LogP contribution is 2.17. The first-order chi connectivity index (χ1) is 9.85. The van der Waals surface area contributed by atoms with E-state index >= 15 is 0 Å². The third-order valence-corrected chi connectivity index (χ3v) is 3.14. The molecule has 7 nitrogen and oxygen atoms in total. The van der Waals surface area contributed by atoms with E-state index in [1.807, 2.05) is 20.8 Å². The Kier molecular flexibility index (Phi) is 4.84. The number of nitrogens with zero attached hydrogens (tertiary/aromatic N) is 2. The van der Waals surface area contributed by atoms with Crippen LogP contribution in [0, 0.1) is 0 Å². The van der Waals surface area contributed by atoms with Crippen LogP contribution in [-0.4, -0.2) is 40.7 Å². The average molecular weight is 296 g/mol. The van der Waals surface area contributed by atoms with Gasteiger partial charge in [0, 0.05) is 31.8 Å². The second-order valence-corrected chi connectivity index (χ2v) is 6.21. The summed E-state index contributed by atoms with van der Waals surface area (Å²) in [5.74, 6) is 0.649. The van der Waals surface area contributed by atoms with Crippen LogP contribution >= 0.6 is 0 Å². The van der Waals surface area contributed by atoms with E-state index in [1.165, 1.54) is 0 Å². The first kappa shape index (κ1) is 15.8. The van der Waals surface area contributed by atoms with Crippen LogP contribution in [0.25, 0.3) is 0 Å². The Labute approximate surface area is 125 Å². The van der Waals surface area contributed by atoms with Crippen LogP contribution in [0.5, 0.6) is 0 Å². The standard InChI is InChI=1S/C14H24N4O3/c1-14(2,3)21-13(19)17-12-10(8-16-18(12)4)7-15-11-5-6-20-9-11/h8,11,15H,5-7,9H2,1-4H3,(H,17,19). The topological polar surface area (TPSA) is 77.4 Å². The maximum absolute atomic E-state index is 11.9. The lowest BCUT2D eigenvalue weighted by Gasteiger charge is -2.20. The quantitative estimate of drug-likeness (QED) is 0.883. The summed E-state index contributed by atoms with van der Waals surface area (Å²) < 4.78 is 12.2. The van der Waals surface area contributed by atoms with Crippen LogP contribution in [0.2, 0.25) is 0 Å². The molecule has 0 spiro atoms.